The fraction of sp³-hybridized carbons (Fsp3) is 0.556. The molecule has 1 amide bonds. The summed E-state index contributed by atoms with van der Waals surface area (Å²) in [5, 5.41) is 0. The fourth-order valence-electron chi connectivity index (χ4n) is 1.25. The smallest absolute Gasteiger partial charge is 0.321 e. The van der Waals surface area contributed by atoms with E-state index in [-0.39, 0.29) is 5.91 Å². The molecule has 0 radical (unpaired) electrons. The molecule has 1 aliphatic heterocycles. The van der Waals surface area contributed by atoms with Gasteiger partial charge in [-0.15, -0.1) is 0 Å². The Bertz CT molecular complexity index is 288. The van der Waals surface area contributed by atoms with Crippen LogP contribution in [-0.4, -0.2) is 44.1 Å². The average molecular weight is 214 g/mol. The van der Waals surface area contributed by atoms with Gasteiger partial charge in [0.25, 0.3) is 0 Å². The molecule has 0 bridgehead atoms. The number of amides is 1. The van der Waals surface area contributed by atoms with Crippen molar-refractivity contribution in [3.8, 4) is 0 Å². The summed E-state index contributed by atoms with van der Waals surface area (Å²) in [4.78, 5) is 29.5. The van der Waals surface area contributed by atoms with Gasteiger partial charge in [0.2, 0.25) is 5.91 Å². The average Bonchev–Trinajstić information content (AvgIpc) is 2.70. The monoisotopic (exact) mass is 214 g/mol. The largest absolute Gasteiger partial charge is 0.468 e. The summed E-state index contributed by atoms with van der Waals surface area (Å²) in [5.41, 5.74) is 2.47. The second-order valence-corrected chi connectivity index (χ2v) is 3.29. The minimum absolute atomic E-state index is 0.347. The molecule has 2 unspecified atom stereocenters. The van der Waals surface area contributed by atoms with Gasteiger partial charge >= 0.3 is 5.97 Å². The number of hydrogen-bond donors (Lipinski definition) is 1. The molecular weight excluding hydrogens is 200 g/mol. The van der Waals surface area contributed by atoms with Crippen molar-refractivity contribution in [1.29, 1.82) is 0 Å². The number of nitrogens with one attached hydrogen (secondary N) is 1. The lowest BCUT2D eigenvalue weighted by molar-refractivity contribution is -0.159. The Kier molecular flexibility index (Phi) is 3.68. The van der Waals surface area contributed by atoms with E-state index in [4.69, 9.17) is 4.84 Å². The normalized spacial score (nSPS) is 20.6. The highest BCUT2D eigenvalue weighted by atomic mass is 16.7. The lowest BCUT2D eigenvalue weighted by atomic mass is 10.0. The molecule has 0 fully saturated rings. The summed E-state index contributed by atoms with van der Waals surface area (Å²) < 4.78 is 4.57. The molecular formula is C9H14N2O4. The first-order valence-corrected chi connectivity index (χ1v) is 4.44. The zero-order valence-electron chi connectivity index (χ0n) is 8.89. The van der Waals surface area contributed by atoms with Gasteiger partial charge in [-0.1, -0.05) is 0 Å². The van der Waals surface area contributed by atoms with E-state index in [2.05, 4.69) is 10.2 Å². The van der Waals surface area contributed by atoms with Gasteiger partial charge in [0.1, 0.15) is 6.10 Å². The van der Waals surface area contributed by atoms with Crippen LogP contribution >= 0.6 is 0 Å². The third-order valence-corrected chi connectivity index (χ3v) is 2.05. The Morgan fingerprint density at radius 3 is 2.60 bits per heavy atom. The van der Waals surface area contributed by atoms with Crippen LogP contribution in [0.2, 0.25) is 0 Å². The van der Waals surface area contributed by atoms with Gasteiger partial charge in [-0.05, 0) is 6.08 Å². The Hall–Kier alpha value is -1.56. The van der Waals surface area contributed by atoms with E-state index in [0.29, 0.717) is 0 Å². The molecule has 1 rings (SSSR count). The quantitative estimate of drug-likeness (QED) is 0.496. The van der Waals surface area contributed by atoms with Crippen LogP contribution in [0.25, 0.3) is 0 Å². The summed E-state index contributed by atoms with van der Waals surface area (Å²) in [6.45, 7) is 0. The second kappa shape index (κ2) is 4.79. The van der Waals surface area contributed by atoms with Crippen LogP contribution in [0.5, 0.6) is 0 Å². The lowest BCUT2D eigenvalue weighted by Gasteiger charge is -2.21. The standard InChI is InChI=1S/C9H14N2O4/c1-11(2)8(12)7(9(13)14-3)6-4-5-10-15-6/h4-7,10H,1-3H3. The summed E-state index contributed by atoms with van der Waals surface area (Å²) in [5.74, 6) is -1.91. The Morgan fingerprint density at radius 2 is 2.20 bits per heavy atom. The van der Waals surface area contributed by atoms with E-state index >= 15 is 0 Å². The maximum absolute atomic E-state index is 11.7. The van der Waals surface area contributed by atoms with Crippen molar-refractivity contribution >= 4 is 11.9 Å². The molecule has 6 nitrogen and oxygen atoms in total. The van der Waals surface area contributed by atoms with Crippen molar-refractivity contribution < 1.29 is 19.2 Å². The highest BCUT2D eigenvalue weighted by Crippen LogP contribution is 2.16. The lowest BCUT2D eigenvalue weighted by Crippen LogP contribution is -2.42. The van der Waals surface area contributed by atoms with Gasteiger partial charge in [-0.2, -0.15) is 0 Å². The van der Waals surface area contributed by atoms with E-state index in [1.165, 1.54) is 18.2 Å². The third-order valence-electron chi connectivity index (χ3n) is 2.05. The molecule has 1 N–H and O–H groups in total. The van der Waals surface area contributed by atoms with E-state index < -0.39 is 18.0 Å². The highest BCUT2D eigenvalue weighted by molar-refractivity contribution is 5.98. The van der Waals surface area contributed by atoms with Crippen LogP contribution in [0.4, 0.5) is 0 Å². The molecule has 0 aliphatic carbocycles. The SMILES string of the molecule is COC(=O)C(C(=O)N(C)C)C1C=CNO1. The number of methoxy groups -OCH3 is 1. The van der Waals surface area contributed by atoms with Crippen LogP contribution in [-0.2, 0) is 19.2 Å². The summed E-state index contributed by atoms with van der Waals surface area (Å²) >= 11 is 0. The second-order valence-electron chi connectivity index (χ2n) is 3.29. The van der Waals surface area contributed by atoms with Crippen molar-refractivity contribution in [3.05, 3.63) is 12.3 Å². The molecule has 1 aliphatic rings. The Morgan fingerprint density at radius 1 is 1.53 bits per heavy atom. The molecule has 1 heterocycles. The molecule has 84 valence electrons. The van der Waals surface area contributed by atoms with Crippen LogP contribution < -0.4 is 5.48 Å². The molecule has 2 atom stereocenters. The number of rotatable bonds is 3. The molecule has 15 heavy (non-hydrogen) atoms. The Labute approximate surface area is 87.8 Å². The molecule has 6 heteroatoms. The van der Waals surface area contributed by atoms with E-state index in [1.807, 2.05) is 0 Å². The maximum Gasteiger partial charge on any atom is 0.321 e. The zero-order chi connectivity index (χ0) is 11.4. The topological polar surface area (TPSA) is 67.9 Å². The first kappa shape index (κ1) is 11.5. The van der Waals surface area contributed by atoms with Crippen molar-refractivity contribution in [2.24, 2.45) is 5.92 Å². The van der Waals surface area contributed by atoms with Gasteiger partial charge in [-0.25, -0.2) is 0 Å². The molecule has 0 aromatic heterocycles. The maximum atomic E-state index is 11.7. The number of esters is 1. The predicted molar refractivity (Wildman–Crippen MR) is 51.3 cm³/mol. The number of ether oxygens (including phenoxy) is 1. The molecule has 0 saturated heterocycles. The Balaban J connectivity index is 2.82. The van der Waals surface area contributed by atoms with Crippen LogP contribution in [0.15, 0.2) is 12.3 Å². The molecule has 0 saturated carbocycles. The van der Waals surface area contributed by atoms with Gasteiger partial charge in [-0.3, -0.25) is 19.9 Å². The number of hydrogen-bond acceptors (Lipinski definition) is 5. The van der Waals surface area contributed by atoms with Gasteiger partial charge in [0, 0.05) is 20.3 Å². The van der Waals surface area contributed by atoms with E-state index in [0.717, 1.165) is 0 Å². The molecule has 0 aromatic carbocycles. The van der Waals surface area contributed by atoms with E-state index in [1.54, 1.807) is 20.2 Å². The van der Waals surface area contributed by atoms with Crippen molar-refractivity contribution in [3.63, 3.8) is 0 Å². The predicted octanol–water partition coefficient (Wildman–Crippen LogP) is -0.719. The summed E-state index contributed by atoms with van der Waals surface area (Å²) in [7, 11) is 4.39. The van der Waals surface area contributed by atoms with Gasteiger partial charge in [0.05, 0.1) is 7.11 Å². The van der Waals surface area contributed by atoms with E-state index in [9.17, 15) is 9.59 Å². The first-order valence-electron chi connectivity index (χ1n) is 4.44. The van der Waals surface area contributed by atoms with Crippen molar-refractivity contribution in [2.75, 3.05) is 21.2 Å². The minimum atomic E-state index is -0.962. The van der Waals surface area contributed by atoms with Crippen LogP contribution in [0, 0.1) is 5.92 Å². The van der Waals surface area contributed by atoms with Crippen molar-refractivity contribution in [1.82, 2.24) is 10.4 Å². The van der Waals surface area contributed by atoms with Crippen molar-refractivity contribution in [2.45, 2.75) is 6.10 Å². The third kappa shape index (κ3) is 2.47. The number of nitrogens with zero attached hydrogens (tertiary/aromatic N) is 1. The van der Waals surface area contributed by atoms with Crippen LogP contribution in [0.1, 0.15) is 0 Å². The van der Waals surface area contributed by atoms with Crippen LogP contribution in [0.3, 0.4) is 0 Å². The number of carbonyl (C=O) groups excluding carboxylic acids is 2. The number of carbonyl (C=O) groups is 2. The fourth-order valence-corrected chi connectivity index (χ4v) is 1.25. The zero-order valence-corrected chi connectivity index (χ0v) is 8.89. The highest BCUT2D eigenvalue weighted by Gasteiger charge is 2.38. The summed E-state index contributed by atoms with van der Waals surface area (Å²) in [6, 6.07) is 0. The first-order chi connectivity index (χ1) is 7.07. The van der Waals surface area contributed by atoms with Gasteiger partial charge < -0.3 is 9.64 Å². The molecule has 0 spiro atoms. The molecule has 0 aromatic rings. The minimum Gasteiger partial charge on any atom is -0.468 e. The summed E-state index contributed by atoms with van der Waals surface area (Å²) in [6.07, 6.45) is 2.51. The number of hydroxylamine groups is 1. The van der Waals surface area contributed by atoms with Gasteiger partial charge in [0.15, 0.2) is 5.92 Å².